The van der Waals surface area contributed by atoms with Crippen LogP contribution < -0.4 is 5.32 Å². The summed E-state index contributed by atoms with van der Waals surface area (Å²) in [7, 11) is 0. The number of hydrogen-bond acceptors (Lipinski definition) is 2. The molecule has 3 heteroatoms. The summed E-state index contributed by atoms with van der Waals surface area (Å²) in [4.78, 5) is 12.7. The van der Waals surface area contributed by atoms with Gasteiger partial charge >= 0.3 is 0 Å². The van der Waals surface area contributed by atoms with Crippen LogP contribution in [0.15, 0.2) is 17.5 Å². The molecule has 88 valence electrons. The maximum Gasteiger partial charge on any atom is 0.261 e. The quantitative estimate of drug-likeness (QED) is 0.858. The van der Waals surface area contributed by atoms with Gasteiger partial charge in [0.2, 0.25) is 0 Å². The summed E-state index contributed by atoms with van der Waals surface area (Å²) >= 11 is 1.51. The van der Waals surface area contributed by atoms with Crippen LogP contribution in [0, 0.1) is 11.8 Å². The van der Waals surface area contributed by atoms with Crippen LogP contribution in [0.5, 0.6) is 0 Å². The van der Waals surface area contributed by atoms with E-state index in [-0.39, 0.29) is 5.91 Å². The van der Waals surface area contributed by atoms with E-state index >= 15 is 0 Å². The molecule has 1 aliphatic rings. The lowest BCUT2D eigenvalue weighted by Crippen LogP contribution is -2.37. The molecular weight excluding hydrogens is 218 g/mol. The van der Waals surface area contributed by atoms with Crippen molar-refractivity contribution in [2.24, 2.45) is 11.8 Å². The number of amides is 1. The topological polar surface area (TPSA) is 29.1 Å². The van der Waals surface area contributed by atoms with Crippen LogP contribution in [0.4, 0.5) is 0 Å². The molecule has 0 aliphatic heterocycles. The average molecular weight is 237 g/mol. The van der Waals surface area contributed by atoms with Crippen LogP contribution in [-0.2, 0) is 0 Å². The van der Waals surface area contributed by atoms with Crippen molar-refractivity contribution in [2.75, 3.05) is 0 Å². The lowest BCUT2D eigenvalue weighted by atomic mass is 9.93. The highest BCUT2D eigenvalue weighted by molar-refractivity contribution is 7.12. The lowest BCUT2D eigenvalue weighted by Gasteiger charge is -2.20. The van der Waals surface area contributed by atoms with Gasteiger partial charge in [0, 0.05) is 6.04 Å². The van der Waals surface area contributed by atoms with Gasteiger partial charge in [-0.1, -0.05) is 26.3 Å². The van der Waals surface area contributed by atoms with Gasteiger partial charge in [0.1, 0.15) is 0 Å². The van der Waals surface area contributed by atoms with Crippen LogP contribution in [0.1, 0.15) is 42.8 Å². The summed E-state index contributed by atoms with van der Waals surface area (Å²) in [6.45, 7) is 4.51. The van der Waals surface area contributed by atoms with Crippen molar-refractivity contribution in [2.45, 2.75) is 39.2 Å². The van der Waals surface area contributed by atoms with E-state index in [1.54, 1.807) is 0 Å². The van der Waals surface area contributed by atoms with Gasteiger partial charge in [-0.2, -0.15) is 0 Å². The van der Waals surface area contributed by atoms with Gasteiger partial charge in [0.25, 0.3) is 5.91 Å². The molecule has 1 N–H and O–H groups in total. The molecule has 3 atom stereocenters. The average Bonchev–Trinajstić information content (AvgIpc) is 2.89. The Morgan fingerprint density at radius 1 is 1.56 bits per heavy atom. The first-order chi connectivity index (χ1) is 7.72. The predicted molar refractivity (Wildman–Crippen MR) is 67.8 cm³/mol. The van der Waals surface area contributed by atoms with Gasteiger partial charge in [-0.05, 0) is 36.1 Å². The van der Waals surface area contributed by atoms with Gasteiger partial charge in [0.05, 0.1) is 4.88 Å². The molecule has 0 radical (unpaired) electrons. The van der Waals surface area contributed by atoms with Crippen molar-refractivity contribution >= 4 is 17.2 Å². The first-order valence-corrected chi connectivity index (χ1v) is 6.94. The Morgan fingerprint density at radius 2 is 2.38 bits per heavy atom. The third kappa shape index (κ3) is 2.29. The molecule has 0 aromatic carbocycles. The maximum absolute atomic E-state index is 11.9. The van der Waals surface area contributed by atoms with Crippen LogP contribution in [0.2, 0.25) is 0 Å². The van der Waals surface area contributed by atoms with Crippen molar-refractivity contribution in [1.29, 1.82) is 0 Å². The molecular formula is C13H19NOS. The minimum Gasteiger partial charge on any atom is -0.348 e. The van der Waals surface area contributed by atoms with E-state index in [9.17, 15) is 4.79 Å². The zero-order chi connectivity index (χ0) is 11.5. The Morgan fingerprint density at radius 3 is 2.94 bits per heavy atom. The van der Waals surface area contributed by atoms with E-state index < -0.39 is 0 Å². The highest BCUT2D eigenvalue weighted by Gasteiger charge is 2.32. The second-order valence-electron chi connectivity index (χ2n) is 4.66. The second kappa shape index (κ2) is 5.00. The van der Waals surface area contributed by atoms with E-state index in [1.165, 1.54) is 24.2 Å². The molecule has 2 rings (SSSR count). The fraction of sp³-hybridized carbons (Fsp3) is 0.615. The summed E-state index contributed by atoms with van der Waals surface area (Å²) in [5, 5.41) is 5.11. The number of rotatable bonds is 3. The van der Waals surface area contributed by atoms with Crippen LogP contribution in [-0.4, -0.2) is 11.9 Å². The molecule has 16 heavy (non-hydrogen) atoms. The third-order valence-corrected chi connectivity index (χ3v) is 4.68. The van der Waals surface area contributed by atoms with Gasteiger partial charge in [-0.25, -0.2) is 0 Å². The Labute approximate surface area is 101 Å². The Balaban J connectivity index is 1.94. The summed E-state index contributed by atoms with van der Waals surface area (Å²) in [6, 6.07) is 4.18. The normalized spacial score (nSPS) is 29.2. The molecule has 0 saturated heterocycles. The van der Waals surface area contributed by atoms with Gasteiger partial charge in [0.15, 0.2) is 0 Å². The molecule has 1 aliphatic carbocycles. The van der Waals surface area contributed by atoms with Crippen molar-refractivity contribution in [1.82, 2.24) is 5.32 Å². The van der Waals surface area contributed by atoms with Crippen LogP contribution in [0.25, 0.3) is 0 Å². The van der Waals surface area contributed by atoms with E-state index in [0.717, 1.165) is 17.2 Å². The second-order valence-corrected chi connectivity index (χ2v) is 5.61. The fourth-order valence-corrected chi connectivity index (χ4v) is 3.30. The van der Waals surface area contributed by atoms with Crippen LogP contribution >= 0.6 is 11.3 Å². The maximum atomic E-state index is 11.9. The van der Waals surface area contributed by atoms with Gasteiger partial charge < -0.3 is 5.32 Å². The highest BCUT2D eigenvalue weighted by atomic mass is 32.1. The first kappa shape index (κ1) is 11.6. The number of thiophene rings is 1. The SMILES string of the molecule is CCC1CCC(NC(=O)c2cccs2)C1C. The number of carbonyl (C=O) groups excluding carboxylic acids is 1. The van der Waals surface area contributed by atoms with Gasteiger partial charge in [-0.15, -0.1) is 11.3 Å². The molecule has 0 spiro atoms. The monoisotopic (exact) mass is 237 g/mol. The smallest absolute Gasteiger partial charge is 0.261 e. The molecule has 1 amide bonds. The van der Waals surface area contributed by atoms with Crippen LogP contribution in [0.3, 0.4) is 0 Å². The molecule has 1 heterocycles. The van der Waals surface area contributed by atoms with E-state index in [1.807, 2.05) is 17.5 Å². The third-order valence-electron chi connectivity index (χ3n) is 3.81. The largest absolute Gasteiger partial charge is 0.348 e. The van der Waals surface area contributed by atoms with E-state index in [4.69, 9.17) is 0 Å². The Bertz CT molecular complexity index is 347. The molecule has 3 unspecified atom stereocenters. The summed E-state index contributed by atoms with van der Waals surface area (Å²) in [5.74, 6) is 1.51. The number of nitrogens with one attached hydrogen (secondary N) is 1. The molecule has 1 aromatic heterocycles. The number of hydrogen-bond donors (Lipinski definition) is 1. The van der Waals surface area contributed by atoms with Crippen molar-refractivity contribution in [3.63, 3.8) is 0 Å². The highest BCUT2D eigenvalue weighted by Crippen LogP contribution is 2.34. The Hall–Kier alpha value is -0.830. The molecule has 1 saturated carbocycles. The van der Waals surface area contributed by atoms with Gasteiger partial charge in [-0.3, -0.25) is 4.79 Å². The first-order valence-electron chi connectivity index (χ1n) is 6.06. The summed E-state index contributed by atoms with van der Waals surface area (Å²) in [5.41, 5.74) is 0. The van der Waals surface area contributed by atoms with Crippen molar-refractivity contribution < 1.29 is 4.79 Å². The minimum atomic E-state index is 0.101. The molecule has 1 aromatic rings. The zero-order valence-electron chi connectivity index (χ0n) is 9.90. The van der Waals surface area contributed by atoms with E-state index in [2.05, 4.69) is 19.2 Å². The van der Waals surface area contributed by atoms with Crippen molar-refractivity contribution in [3.05, 3.63) is 22.4 Å². The van der Waals surface area contributed by atoms with E-state index in [0.29, 0.717) is 12.0 Å². The Kier molecular flexibility index (Phi) is 3.64. The standard InChI is InChI=1S/C13H19NOS/c1-3-10-6-7-11(9(10)2)14-13(15)12-5-4-8-16-12/h4-5,8-11H,3,6-7H2,1-2H3,(H,14,15). The summed E-state index contributed by atoms with van der Waals surface area (Å²) < 4.78 is 0. The summed E-state index contributed by atoms with van der Waals surface area (Å²) in [6.07, 6.45) is 3.62. The predicted octanol–water partition coefficient (Wildman–Crippen LogP) is 3.30. The molecule has 2 nitrogen and oxygen atoms in total. The number of carbonyl (C=O) groups is 1. The zero-order valence-corrected chi connectivity index (χ0v) is 10.7. The molecule has 0 bridgehead atoms. The minimum absolute atomic E-state index is 0.101. The van der Waals surface area contributed by atoms with Crippen molar-refractivity contribution in [3.8, 4) is 0 Å². The lowest BCUT2D eigenvalue weighted by molar-refractivity contribution is 0.0930. The molecule has 1 fully saturated rings. The fourth-order valence-electron chi connectivity index (χ4n) is 2.67.